The van der Waals surface area contributed by atoms with Crippen LogP contribution in [0.15, 0.2) is 0 Å². The van der Waals surface area contributed by atoms with E-state index in [9.17, 15) is 4.79 Å². The van der Waals surface area contributed by atoms with Gasteiger partial charge in [-0.1, -0.05) is 6.92 Å². The van der Waals surface area contributed by atoms with E-state index in [-0.39, 0.29) is 17.5 Å². The largest absolute Gasteiger partial charge is 0.379 e. The second-order valence-corrected chi connectivity index (χ2v) is 5.28. The van der Waals surface area contributed by atoms with Crippen molar-refractivity contribution < 1.29 is 9.53 Å². The molecule has 0 fully saturated rings. The molecule has 1 atom stereocenters. The molecule has 0 spiro atoms. The van der Waals surface area contributed by atoms with Crippen LogP contribution in [0.2, 0.25) is 0 Å². The molecule has 0 rings (SSSR count). The van der Waals surface area contributed by atoms with Crippen LogP contribution in [0.4, 0.5) is 0 Å². The van der Waals surface area contributed by atoms with Crippen LogP contribution in [0.1, 0.15) is 34.1 Å². The molecule has 0 aromatic rings. The van der Waals surface area contributed by atoms with Gasteiger partial charge >= 0.3 is 0 Å². The van der Waals surface area contributed by atoms with Crippen LogP contribution in [0.25, 0.3) is 0 Å². The van der Waals surface area contributed by atoms with Crippen LogP contribution < -0.4 is 11.1 Å². The first-order valence-corrected chi connectivity index (χ1v) is 6.64. The average molecular weight is 259 g/mol. The van der Waals surface area contributed by atoms with Crippen LogP contribution in [-0.4, -0.2) is 55.7 Å². The lowest BCUT2D eigenvalue weighted by Gasteiger charge is -2.30. The highest BCUT2D eigenvalue weighted by Gasteiger charge is 2.23. The Bertz CT molecular complexity index is 244. The summed E-state index contributed by atoms with van der Waals surface area (Å²) in [5.41, 5.74) is 5.18. The molecule has 0 aromatic heterocycles. The zero-order valence-electron chi connectivity index (χ0n) is 12.5. The number of hydrogen-bond donors (Lipinski definition) is 2. The summed E-state index contributed by atoms with van der Waals surface area (Å²) >= 11 is 0. The van der Waals surface area contributed by atoms with Gasteiger partial charge in [-0.2, -0.15) is 0 Å². The number of ether oxygens (including phenoxy) is 1. The molecular formula is C13H29N3O2. The Kier molecular flexibility index (Phi) is 8.15. The van der Waals surface area contributed by atoms with E-state index < -0.39 is 0 Å². The Morgan fingerprint density at radius 1 is 1.44 bits per heavy atom. The summed E-state index contributed by atoms with van der Waals surface area (Å²) in [7, 11) is 1.93. The fourth-order valence-electron chi connectivity index (χ4n) is 1.31. The van der Waals surface area contributed by atoms with Gasteiger partial charge in [0.15, 0.2) is 0 Å². The minimum absolute atomic E-state index is 0.0585. The zero-order chi connectivity index (χ0) is 14.2. The molecule has 0 aromatic carbocycles. The molecule has 1 unspecified atom stereocenters. The van der Waals surface area contributed by atoms with Crippen LogP contribution in [0.5, 0.6) is 0 Å². The van der Waals surface area contributed by atoms with Gasteiger partial charge in [-0.3, -0.25) is 9.69 Å². The van der Waals surface area contributed by atoms with E-state index in [1.165, 1.54) is 0 Å². The predicted molar refractivity (Wildman–Crippen MR) is 74.5 cm³/mol. The number of likely N-dealkylation sites (N-methyl/N-ethyl adjacent to an activating group) is 1. The highest BCUT2D eigenvalue weighted by molar-refractivity contribution is 5.81. The minimum atomic E-state index is -0.155. The zero-order valence-corrected chi connectivity index (χ0v) is 12.5. The number of nitrogens with zero attached hydrogens (tertiary/aromatic N) is 1. The molecule has 5 nitrogen and oxygen atoms in total. The Morgan fingerprint density at radius 3 is 2.56 bits per heavy atom. The molecule has 0 saturated carbocycles. The third-order valence-electron chi connectivity index (χ3n) is 3.24. The van der Waals surface area contributed by atoms with Gasteiger partial charge in [0.25, 0.3) is 0 Å². The minimum Gasteiger partial charge on any atom is -0.379 e. The molecule has 18 heavy (non-hydrogen) atoms. The number of nitrogens with two attached hydrogens (primary N) is 1. The van der Waals surface area contributed by atoms with E-state index in [2.05, 4.69) is 12.2 Å². The second-order valence-electron chi connectivity index (χ2n) is 5.28. The monoisotopic (exact) mass is 259 g/mol. The summed E-state index contributed by atoms with van der Waals surface area (Å²) in [5, 5.41) is 3.05. The van der Waals surface area contributed by atoms with Crippen molar-refractivity contribution in [3.8, 4) is 0 Å². The van der Waals surface area contributed by atoms with Crippen molar-refractivity contribution >= 4 is 5.91 Å². The van der Waals surface area contributed by atoms with Gasteiger partial charge in [-0.05, 0) is 34.2 Å². The fourth-order valence-corrected chi connectivity index (χ4v) is 1.31. The molecule has 0 saturated heterocycles. The Morgan fingerprint density at radius 2 is 2.06 bits per heavy atom. The molecule has 5 heteroatoms. The molecule has 0 heterocycles. The molecule has 108 valence electrons. The lowest BCUT2D eigenvalue weighted by molar-refractivity contribution is -0.127. The van der Waals surface area contributed by atoms with Gasteiger partial charge in [-0.15, -0.1) is 0 Å². The standard InChI is InChI=1S/C13H29N3O2/c1-6-13(3,4)15-12(17)11(2)16(5)8-10-18-9-7-14/h11H,6-10,14H2,1-5H3,(H,15,17). The first-order valence-electron chi connectivity index (χ1n) is 6.64. The van der Waals surface area contributed by atoms with Crippen molar-refractivity contribution in [2.45, 2.75) is 45.7 Å². The maximum absolute atomic E-state index is 12.0. The summed E-state index contributed by atoms with van der Waals surface area (Å²) < 4.78 is 5.31. The van der Waals surface area contributed by atoms with Gasteiger partial charge < -0.3 is 15.8 Å². The number of carbonyl (C=O) groups is 1. The second kappa shape index (κ2) is 8.45. The smallest absolute Gasteiger partial charge is 0.237 e. The molecule has 0 bridgehead atoms. The third kappa shape index (κ3) is 6.93. The van der Waals surface area contributed by atoms with Crippen molar-refractivity contribution in [2.75, 3.05) is 33.4 Å². The molecule has 0 radical (unpaired) electrons. The van der Waals surface area contributed by atoms with E-state index in [1.54, 1.807) is 0 Å². The SMILES string of the molecule is CCC(C)(C)NC(=O)C(C)N(C)CCOCCN. The number of hydrogen-bond acceptors (Lipinski definition) is 4. The number of nitrogens with one attached hydrogen (secondary N) is 1. The van der Waals surface area contributed by atoms with Crippen molar-refractivity contribution in [3.05, 3.63) is 0 Å². The summed E-state index contributed by atoms with van der Waals surface area (Å²) in [6.45, 7) is 10.5. The van der Waals surface area contributed by atoms with E-state index in [4.69, 9.17) is 10.5 Å². The molecule has 0 aliphatic rings. The van der Waals surface area contributed by atoms with Crippen LogP contribution in [-0.2, 0) is 9.53 Å². The third-order valence-corrected chi connectivity index (χ3v) is 3.24. The number of rotatable bonds is 9. The maximum atomic E-state index is 12.0. The van der Waals surface area contributed by atoms with Crippen LogP contribution in [0, 0.1) is 0 Å². The van der Waals surface area contributed by atoms with E-state index in [0.29, 0.717) is 19.8 Å². The predicted octanol–water partition coefficient (Wildman–Crippen LogP) is 0.587. The molecular weight excluding hydrogens is 230 g/mol. The number of carbonyl (C=O) groups excluding carboxylic acids is 1. The molecule has 1 amide bonds. The van der Waals surface area contributed by atoms with Gasteiger partial charge in [0.1, 0.15) is 0 Å². The van der Waals surface area contributed by atoms with Gasteiger partial charge in [0.05, 0.1) is 19.3 Å². The van der Waals surface area contributed by atoms with Crippen molar-refractivity contribution in [1.29, 1.82) is 0 Å². The van der Waals surface area contributed by atoms with Crippen molar-refractivity contribution in [3.63, 3.8) is 0 Å². The Balaban J connectivity index is 4.04. The highest BCUT2D eigenvalue weighted by Crippen LogP contribution is 2.08. The fraction of sp³-hybridized carbons (Fsp3) is 0.923. The summed E-state index contributed by atoms with van der Waals surface area (Å²) in [5.74, 6) is 0.0585. The normalized spacial score (nSPS) is 13.7. The summed E-state index contributed by atoms with van der Waals surface area (Å²) in [6.07, 6.45) is 0.911. The van der Waals surface area contributed by atoms with Crippen molar-refractivity contribution in [2.24, 2.45) is 5.73 Å². The Hall–Kier alpha value is -0.650. The average Bonchev–Trinajstić information content (AvgIpc) is 2.32. The first kappa shape index (κ1) is 17.4. The number of amides is 1. The van der Waals surface area contributed by atoms with E-state index >= 15 is 0 Å². The van der Waals surface area contributed by atoms with Gasteiger partial charge in [0, 0.05) is 18.6 Å². The van der Waals surface area contributed by atoms with E-state index in [0.717, 1.165) is 13.0 Å². The summed E-state index contributed by atoms with van der Waals surface area (Å²) in [4.78, 5) is 14.0. The summed E-state index contributed by atoms with van der Waals surface area (Å²) in [6, 6.07) is -0.155. The van der Waals surface area contributed by atoms with E-state index in [1.807, 2.05) is 32.7 Å². The lowest BCUT2D eigenvalue weighted by Crippen LogP contribution is -2.51. The van der Waals surface area contributed by atoms with Gasteiger partial charge in [0.2, 0.25) is 5.91 Å². The molecule has 0 aliphatic carbocycles. The van der Waals surface area contributed by atoms with Gasteiger partial charge in [-0.25, -0.2) is 0 Å². The van der Waals surface area contributed by atoms with Crippen molar-refractivity contribution in [1.82, 2.24) is 10.2 Å². The Labute approximate surface area is 111 Å². The lowest BCUT2D eigenvalue weighted by atomic mass is 10.0. The highest BCUT2D eigenvalue weighted by atomic mass is 16.5. The first-order chi connectivity index (χ1) is 8.34. The van der Waals surface area contributed by atoms with Crippen LogP contribution in [0.3, 0.4) is 0 Å². The molecule has 0 aliphatic heterocycles. The molecule has 3 N–H and O–H groups in total. The van der Waals surface area contributed by atoms with Crippen LogP contribution >= 0.6 is 0 Å². The quantitative estimate of drug-likeness (QED) is 0.595. The maximum Gasteiger partial charge on any atom is 0.237 e. The topological polar surface area (TPSA) is 67.6 Å².